The molecule has 29 heavy (non-hydrogen) atoms. The lowest BCUT2D eigenvalue weighted by atomic mass is 9.89. The second-order valence-corrected chi connectivity index (χ2v) is 9.53. The number of aliphatic hydroxyl groups excluding tert-OH is 1. The summed E-state index contributed by atoms with van der Waals surface area (Å²) in [6, 6.07) is 2.90. The number of halogens is 2. The van der Waals surface area contributed by atoms with Crippen molar-refractivity contribution in [3.63, 3.8) is 0 Å². The summed E-state index contributed by atoms with van der Waals surface area (Å²) in [5.74, 6) is -3.64. The zero-order valence-electron chi connectivity index (χ0n) is 15.8. The van der Waals surface area contributed by atoms with E-state index >= 15 is 0 Å². The van der Waals surface area contributed by atoms with Crippen molar-refractivity contribution in [2.45, 2.75) is 67.4 Å². The Morgan fingerprint density at radius 1 is 1.17 bits per heavy atom. The van der Waals surface area contributed by atoms with Crippen molar-refractivity contribution in [3.8, 4) is 0 Å². The van der Waals surface area contributed by atoms with Crippen LogP contribution in [-0.2, 0) is 9.84 Å². The number of hydrogen-bond donors (Lipinski definition) is 2. The van der Waals surface area contributed by atoms with Crippen LogP contribution in [0.3, 0.4) is 0 Å². The van der Waals surface area contributed by atoms with E-state index < -0.39 is 31.1 Å². The summed E-state index contributed by atoms with van der Waals surface area (Å²) in [6.45, 7) is 1.48. The molecule has 1 aromatic rings. The topological polar surface area (TPSA) is 113 Å². The maximum atomic E-state index is 12.7. The summed E-state index contributed by atoms with van der Waals surface area (Å²) in [6.07, 6.45) is 5.00. The lowest BCUT2D eigenvalue weighted by molar-refractivity contribution is -0.384. The molecule has 2 N–H and O–H groups in total. The number of nitrogens with one attached hydrogen (secondary N) is 1. The monoisotopic (exact) mass is 433 g/mol. The van der Waals surface area contributed by atoms with Crippen molar-refractivity contribution in [1.82, 2.24) is 4.90 Å². The van der Waals surface area contributed by atoms with Gasteiger partial charge in [0.1, 0.15) is 5.69 Å². The third kappa shape index (κ3) is 4.84. The van der Waals surface area contributed by atoms with E-state index in [4.69, 9.17) is 0 Å². The van der Waals surface area contributed by atoms with Gasteiger partial charge < -0.3 is 10.4 Å². The Morgan fingerprint density at radius 3 is 2.41 bits per heavy atom. The number of nitro benzene ring substituents is 1. The molecular formula is C18H25F2N3O5S. The van der Waals surface area contributed by atoms with E-state index in [1.165, 1.54) is 6.07 Å². The normalized spacial score (nSPS) is 24.6. The molecule has 8 nitrogen and oxygen atoms in total. The second-order valence-electron chi connectivity index (χ2n) is 7.62. The van der Waals surface area contributed by atoms with Crippen LogP contribution in [0, 0.1) is 10.1 Å². The Hall–Kier alpha value is -1.85. The van der Waals surface area contributed by atoms with Gasteiger partial charge >= 0.3 is 5.76 Å². The maximum Gasteiger partial charge on any atom is 0.341 e. The van der Waals surface area contributed by atoms with Crippen LogP contribution >= 0.6 is 0 Å². The smallest absolute Gasteiger partial charge is 0.341 e. The Kier molecular flexibility index (Phi) is 6.69. The number of nitrogens with zero attached hydrogens (tertiary/aromatic N) is 2. The molecule has 1 saturated carbocycles. The predicted octanol–water partition coefficient (Wildman–Crippen LogP) is 2.77. The molecular weight excluding hydrogens is 408 g/mol. The third-order valence-electron chi connectivity index (χ3n) is 5.78. The van der Waals surface area contributed by atoms with Gasteiger partial charge in [-0.25, -0.2) is 8.42 Å². The fourth-order valence-electron chi connectivity index (χ4n) is 4.18. The van der Waals surface area contributed by atoms with Crippen LogP contribution in [0.15, 0.2) is 23.1 Å². The third-order valence-corrected chi connectivity index (χ3v) is 7.16. The molecule has 2 atom stereocenters. The Bertz CT molecular complexity index is 844. The van der Waals surface area contributed by atoms with Crippen molar-refractivity contribution in [3.05, 3.63) is 28.3 Å². The average molecular weight is 433 g/mol. The Morgan fingerprint density at radius 2 is 1.83 bits per heavy atom. The second kappa shape index (κ2) is 8.88. The highest BCUT2D eigenvalue weighted by atomic mass is 32.2. The van der Waals surface area contributed by atoms with Crippen molar-refractivity contribution in [1.29, 1.82) is 0 Å². The molecule has 1 saturated heterocycles. The number of rotatable bonds is 6. The SMILES string of the molecule is O=[N+]([O-])c1cc(S(=O)(=O)C(F)F)ccc1NC1CCN(C2CCCCC2O)CC1. The summed E-state index contributed by atoms with van der Waals surface area (Å²) in [7, 11) is -4.90. The zero-order chi connectivity index (χ0) is 21.2. The molecule has 1 aliphatic heterocycles. The molecule has 0 aromatic heterocycles. The van der Waals surface area contributed by atoms with Crippen molar-refractivity contribution in [2.75, 3.05) is 18.4 Å². The van der Waals surface area contributed by atoms with Gasteiger partial charge in [-0.05, 0) is 37.8 Å². The van der Waals surface area contributed by atoms with Gasteiger partial charge in [0.2, 0.25) is 9.84 Å². The number of anilines is 1. The van der Waals surface area contributed by atoms with Crippen molar-refractivity contribution < 1.29 is 27.2 Å². The van der Waals surface area contributed by atoms with E-state index in [9.17, 15) is 32.4 Å². The first-order chi connectivity index (χ1) is 13.7. The number of alkyl halides is 2. The average Bonchev–Trinajstić information content (AvgIpc) is 2.69. The molecule has 2 unspecified atom stereocenters. The fraction of sp³-hybridized carbons (Fsp3) is 0.667. The molecule has 1 aromatic carbocycles. The number of likely N-dealkylation sites (tertiary alicyclic amines) is 1. The van der Waals surface area contributed by atoms with E-state index in [1.54, 1.807) is 0 Å². The molecule has 0 spiro atoms. The summed E-state index contributed by atoms with van der Waals surface area (Å²) in [5, 5.41) is 24.6. The van der Waals surface area contributed by atoms with Crippen LogP contribution in [0.5, 0.6) is 0 Å². The largest absolute Gasteiger partial charge is 0.391 e. The number of sulfone groups is 1. The fourth-order valence-corrected chi connectivity index (χ4v) is 4.92. The van der Waals surface area contributed by atoms with E-state index in [2.05, 4.69) is 10.2 Å². The first-order valence-electron chi connectivity index (χ1n) is 9.69. The van der Waals surface area contributed by atoms with Crippen LogP contribution in [0.2, 0.25) is 0 Å². The van der Waals surface area contributed by atoms with Crippen molar-refractivity contribution >= 4 is 21.2 Å². The first kappa shape index (κ1) is 21.8. The van der Waals surface area contributed by atoms with Crippen LogP contribution in [0.25, 0.3) is 0 Å². The molecule has 0 radical (unpaired) electrons. The highest BCUT2D eigenvalue weighted by Crippen LogP contribution is 2.32. The van der Waals surface area contributed by atoms with E-state index in [0.29, 0.717) is 18.9 Å². The highest BCUT2D eigenvalue weighted by molar-refractivity contribution is 7.91. The van der Waals surface area contributed by atoms with Gasteiger partial charge in [-0.3, -0.25) is 15.0 Å². The maximum absolute atomic E-state index is 12.7. The summed E-state index contributed by atoms with van der Waals surface area (Å²) in [5.41, 5.74) is -0.434. The highest BCUT2D eigenvalue weighted by Gasteiger charge is 2.33. The van der Waals surface area contributed by atoms with Gasteiger partial charge in [-0.15, -0.1) is 0 Å². The van der Waals surface area contributed by atoms with E-state index in [1.807, 2.05) is 0 Å². The van der Waals surface area contributed by atoms with Crippen LogP contribution in [-0.4, -0.2) is 60.4 Å². The molecule has 1 aliphatic carbocycles. The molecule has 0 bridgehead atoms. The number of benzene rings is 1. The van der Waals surface area contributed by atoms with E-state index in [-0.39, 0.29) is 23.9 Å². The predicted molar refractivity (Wildman–Crippen MR) is 103 cm³/mol. The summed E-state index contributed by atoms with van der Waals surface area (Å²) in [4.78, 5) is 12.1. The Labute approximate surface area is 168 Å². The number of nitro groups is 1. The van der Waals surface area contributed by atoms with Gasteiger partial charge in [-0.2, -0.15) is 8.78 Å². The molecule has 11 heteroatoms. The summed E-state index contributed by atoms with van der Waals surface area (Å²) < 4.78 is 48.7. The standard InChI is InChI=1S/C18H25F2N3O5S/c19-18(20)29(27,28)13-5-6-14(16(11-13)23(25)26)21-12-7-9-22(10-8-12)15-3-1-2-4-17(15)24/h5-6,11-12,15,17-18,21,24H,1-4,7-10H2. The molecule has 0 amide bonds. The van der Waals surface area contributed by atoms with Crippen LogP contribution in [0.1, 0.15) is 38.5 Å². The molecule has 2 aliphatic rings. The van der Waals surface area contributed by atoms with Gasteiger partial charge in [0.15, 0.2) is 0 Å². The van der Waals surface area contributed by atoms with Gasteiger partial charge in [0.05, 0.1) is 15.9 Å². The minimum atomic E-state index is -4.90. The number of hydrogen-bond acceptors (Lipinski definition) is 7. The van der Waals surface area contributed by atoms with Crippen molar-refractivity contribution in [2.24, 2.45) is 0 Å². The van der Waals surface area contributed by atoms with Gasteiger partial charge in [0.25, 0.3) is 5.69 Å². The minimum absolute atomic E-state index is 0.0664. The molecule has 162 valence electrons. The lowest BCUT2D eigenvalue weighted by Crippen LogP contribution is -2.50. The molecule has 1 heterocycles. The van der Waals surface area contributed by atoms with E-state index in [0.717, 1.165) is 44.8 Å². The Balaban J connectivity index is 1.68. The number of piperidine rings is 1. The lowest BCUT2D eigenvalue weighted by Gasteiger charge is -2.41. The van der Waals surface area contributed by atoms with Gasteiger partial charge in [-0.1, -0.05) is 12.8 Å². The minimum Gasteiger partial charge on any atom is -0.391 e. The number of aliphatic hydroxyl groups is 1. The quantitative estimate of drug-likeness (QED) is 0.524. The van der Waals surface area contributed by atoms with Crippen LogP contribution in [0.4, 0.5) is 20.2 Å². The first-order valence-corrected chi connectivity index (χ1v) is 11.2. The summed E-state index contributed by atoms with van der Waals surface area (Å²) >= 11 is 0. The van der Waals surface area contributed by atoms with Gasteiger partial charge in [0, 0.05) is 31.2 Å². The molecule has 2 fully saturated rings. The zero-order valence-corrected chi connectivity index (χ0v) is 16.7. The molecule has 3 rings (SSSR count). The van der Waals surface area contributed by atoms with Crippen LogP contribution < -0.4 is 5.32 Å².